The van der Waals surface area contributed by atoms with Crippen LogP contribution in [0.3, 0.4) is 0 Å². The maximum absolute atomic E-state index is 13.4. The predicted molar refractivity (Wildman–Crippen MR) is 78.0 cm³/mol. The van der Waals surface area contributed by atoms with E-state index in [4.69, 9.17) is 10.00 Å². The standard InChI is InChI=1S/C16H20F2N2O2/c1-10(20-15(21)12(8-19)16(2,3)4)9-22-14-7-11(17)5-6-13(14)18/h5-7,10,12H,9H2,1-4H3,(H,20,21). The van der Waals surface area contributed by atoms with Crippen molar-refractivity contribution in [3.05, 3.63) is 29.8 Å². The van der Waals surface area contributed by atoms with Gasteiger partial charge in [-0.1, -0.05) is 20.8 Å². The third kappa shape index (κ3) is 4.99. The van der Waals surface area contributed by atoms with E-state index in [9.17, 15) is 13.6 Å². The molecular formula is C16H20F2N2O2. The van der Waals surface area contributed by atoms with Crippen LogP contribution in [0.1, 0.15) is 27.7 Å². The van der Waals surface area contributed by atoms with Gasteiger partial charge in [0.05, 0.1) is 12.1 Å². The molecule has 1 aromatic carbocycles. The second-order valence-corrected chi connectivity index (χ2v) is 6.22. The van der Waals surface area contributed by atoms with Gasteiger partial charge in [-0.15, -0.1) is 0 Å². The van der Waals surface area contributed by atoms with E-state index in [1.165, 1.54) is 0 Å². The molecule has 0 aliphatic rings. The molecule has 0 spiro atoms. The molecule has 120 valence electrons. The lowest BCUT2D eigenvalue weighted by atomic mass is 9.81. The van der Waals surface area contributed by atoms with Crippen LogP contribution < -0.4 is 10.1 Å². The number of carbonyl (C=O) groups excluding carboxylic acids is 1. The molecule has 2 unspecified atom stereocenters. The topological polar surface area (TPSA) is 62.1 Å². The van der Waals surface area contributed by atoms with Gasteiger partial charge >= 0.3 is 0 Å². The third-order valence-electron chi connectivity index (χ3n) is 3.03. The molecule has 1 aromatic rings. The molecule has 0 heterocycles. The smallest absolute Gasteiger partial charge is 0.238 e. The Morgan fingerprint density at radius 1 is 1.41 bits per heavy atom. The molecule has 1 rings (SSSR count). The Morgan fingerprint density at radius 3 is 2.59 bits per heavy atom. The quantitative estimate of drug-likeness (QED) is 0.909. The molecule has 0 aliphatic carbocycles. The summed E-state index contributed by atoms with van der Waals surface area (Å²) in [5, 5.41) is 11.7. The number of rotatable bonds is 5. The van der Waals surface area contributed by atoms with E-state index in [2.05, 4.69) is 5.32 Å². The van der Waals surface area contributed by atoms with E-state index >= 15 is 0 Å². The molecule has 0 radical (unpaired) electrons. The Balaban J connectivity index is 2.60. The fraction of sp³-hybridized carbons (Fsp3) is 0.500. The fourth-order valence-corrected chi connectivity index (χ4v) is 1.82. The summed E-state index contributed by atoms with van der Waals surface area (Å²) in [5.74, 6) is -2.71. The minimum absolute atomic E-state index is 0.0333. The highest BCUT2D eigenvalue weighted by Crippen LogP contribution is 2.25. The van der Waals surface area contributed by atoms with Gasteiger partial charge in [-0.3, -0.25) is 4.79 Å². The number of hydrogen-bond donors (Lipinski definition) is 1. The minimum atomic E-state index is -0.805. The number of nitrogens with one attached hydrogen (secondary N) is 1. The average molecular weight is 310 g/mol. The first-order valence-electron chi connectivity index (χ1n) is 6.93. The minimum Gasteiger partial charge on any atom is -0.488 e. The molecule has 0 aromatic heterocycles. The molecule has 4 nitrogen and oxygen atoms in total. The fourth-order valence-electron chi connectivity index (χ4n) is 1.82. The molecule has 0 fully saturated rings. The molecule has 22 heavy (non-hydrogen) atoms. The molecular weight excluding hydrogens is 290 g/mol. The van der Waals surface area contributed by atoms with Crippen LogP contribution in [0.2, 0.25) is 0 Å². The zero-order valence-corrected chi connectivity index (χ0v) is 13.1. The Morgan fingerprint density at radius 2 is 2.05 bits per heavy atom. The van der Waals surface area contributed by atoms with Gasteiger partial charge in [0.25, 0.3) is 0 Å². The highest BCUT2D eigenvalue weighted by molar-refractivity contribution is 5.82. The monoisotopic (exact) mass is 310 g/mol. The summed E-state index contributed by atoms with van der Waals surface area (Å²) >= 11 is 0. The van der Waals surface area contributed by atoms with Gasteiger partial charge in [-0.25, -0.2) is 8.78 Å². The summed E-state index contributed by atoms with van der Waals surface area (Å²) in [6.07, 6.45) is 0. The lowest BCUT2D eigenvalue weighted by Gasteiger charge is -2.25. The highest BCUT2D eigenvalue weighted by atomic mass is 19.1. The second-order valence-electron chi connectivity index (χ2n) is 6.22. The first kappa shape index (κ1) is 17.9. The number of ether oxygens (including phenoxy) is 1. The van der Waals surface area contributed by atoms with Crippen LogP contribution in [0.5, 0.6) is 5.75 Å². The highest BCUT2D eigenvalue weighted by Gasteiger charge is 2.31. The van der Waals surface area contributed by atoms with Crippen LogP contribution in [0, 0.1) is 34.3 Å². The largest absolute Gasteiger partial charge is 0.488 e. The zero-order valence-electron chi connectivity index (χ0n) is 13.1. The van der Waals surface area contributed by atoms with Crippen LogP contribution in [0.4, 0.5) is 8.78 Å². The van der Waals surface area contributed by atoms with Crippen molar-refractivity contribution < 1.29 is 18.3 Å². The number of halogens is 2. The Kier molecular flexibility index (Phi) is 5.86. The van der Waals surface area contributed by atoms with Crippen molar-refractivity contribution in [3.8, 4) is 11.8 Å². The van der Waals surface area contributed by atoms with Gasteiger partial charge in [0.2, 0.25) is 5.91 Å². The van der Waals surface area contributed by atoms with Gasteiger partial charge < -0.3 is 10.1 Å². The normalized spacial score (nSPS) is 13.9. The lowest BCUT2D eigenvalue weighted by Crippen LogP contribution is -2.43. The molecule has 6 heteroatoms. The number of nitriles is 1. The predicted octanol–water partition coefficient (Wildman–Crippen LogP) is 3.03. The maximum atomic E-state index is 13.4. The number of carbonyl (C=O) groups is 1. The summed E-state index contributed by atoms with van der Waals surface area (Å²) in [5.41, 5.74) is -0.492. The van der Waals surface area contributed by atoms with E-state index in [1.54, 1.807) is 27.7 Å². The molecule has 1 amide bonds. The summed E-state index contributed by atoms with van der Waals surface area (Å²) in [7, 11) is 0. The molecule has 1 N–H and O–H groups in total. The van der Waals surface area contributed by atoms with Crippen LogP contribution >= 0.6 is 0 Å². The summed E-state index contributed by atoms with van der Waals surface area (Å²) < 4.78 is 31.6. The lowest BCUT2D eigenvalue weighted by molar-refractivity contribution is -0.126. The van der Waals surface area contributed by atoms with Crippen molar-refractivity contribution in [3.63, 3.8) is 0 Å². The van der Waals surface area contributed by atoms with Gasteiger partial charge in [0.1, 0.15) is 18.3 Å². The molecule has 0 saturated heterocycles. The third-order valence-corrected chi connectivity index (χ3v) is 3.03. The van der Waals surface area contributed by atoms with E-state index in [0.717, 1.165) is 18.2 Å². The van der Waals surface area contributed by atoms with E-state index in [1.807, 2.05) is 6.07 Å². The maximum Gasteiger partial charge on any atom is 0.238 e. The van der Waals surface area contributed by atoms with Crippen molar-refractivity contribution in [1.29, 1.82) is 5.26 Å². The number of amides is 1. The SMILES string of the molecule is CC(COc1cc(F)ccc1F)NC(=O)C(C#N)C(C)(C)C. The van der Waals surface area contributed by atoms with Gasteiger partial charge in [0.15, 0.2) is 11.6 Å². The van der Waals surface area contributed by atoms with Gasteiger partial charge in [0, 0.05) is 6.07 Å². The Bertz CT molecular complexity index is 576. The van der Waals surface area contributed by atoms with Gasteiger partial charge in [-0.2, -0.15) is 5.26 Å². The van der Waals surface area contributed by atoms with Gasteiger partial charge in [-0.05, 0) is 24.5 Å². The molecule has 0 aliphatic heterocycles. The Hall–Kier alpha value is -2.16. The van der Waals surface area contributed by atoms with E-state index in [0.29, 0.717) is 0 Å². The number of hydrogen-bond acceptors (Lipinski definition) is 3. The number of benzene rings is 1. The van der Waals surface area contributed by atoms with Crippen LogP contribution in [0.25, 0.3) is 0 Å². The summed E-state index contributed by atoms with van der Waals surface area (Å²) in [6, 6.07) is 4.43. The summed E-state index contributed by atoms with van der Waals surface area (Å²) in [6.45, 7) is 7.01. The first-order valence-corrected chi connectivity index (χ1v) is 6.93. The van der Waals surface area contributed by atoms with E-state index < -0.39 is 34.9 Å². The van der Waals surface area contributed by atoms with E-state index in [-0.39, 0.29) is 12.4 Å². The van der Waals surface area contributed by atoms with Crippen molar-refractivity contribution in [1.82, 2.24) is 5.32 Å². The van der Waals surface area contributed by atoms with Crippen molar-refractivity contribution in [2.75, 3.05) is 6.61 Å². The van der Waals surface area contributed by atoms with Crippen LogP contribution in [0.15, 0.2) is 18.2 Å². The zero-order chi connectivity index (χ0) is 16.9. The molecule has 0 bridgehead atoms. The van der Waals surface area contributed by atoms with Crippen LogP contribution in [-0.2, 0) is 4.79 Å². The van der Waals surface area contributed by atoms with Crippen LogP contribution in [-0.4, -0.2) is 18.6 Å². The second kappa shape index (κ2) is 7.21. The number of nitrogens with zero attached hydrogens (tertiary/aromatic N) is 1. The molecule has 2 atom stereocenters. The molecule has 0 saturated carbocycles. The van der Waals surface area contributed by atoms with Crippen molar-refractivity contribution in [2.24, 2.45) is 11.3 Å². The summed E-state index contributed by atoms with van der Waals surface area (Å²) in [4.78, 5) is 12.0. The van der Waals surface area contributed by atoms with Crippen molar-refractivity contribution >= 4 is 5.91 Å². The Labute approximate surface area is 129 Å². The average Bonchev–Trinajstić information content (AvgIpc) is 2.38. The van der Waals surface area contributed by atoms with Crippen molar-refractivity contribution in [2.45, 2.75) is 33.7 Å². The first-order chi connectivity index (χ1) is 10.1.